The average Bonchev–Trinajstić information content (AvgIpc) is 3.19. The topological polar surface area (TPSA) is 29.5 Å². The van der Waals surface area contributed by atoms with Crippen molar-refractivity contribution in [3.63, 3.8) is 0 Å². The molecule has 1 saturated carbocycles. The summed E-state index contributed by atoms with van der Waals surface area (Å²) in [6.07, 6.45) is 5.30. The molecule has 0 saturated heterocycles. The number of hydrogen-bond acceptors (Lipinski definition) is 3. The number of halogens is 3. The lowest BCUT2D eigenvalue weighted by Crippen LogP contribution is -2.41. The zero-order valence-corrected chi connectivity index (χ0v) is 22.0. The molecule has 1 heterocycles. The van der Waals surface area contributed by atoms with Crippen LogP contribution in [0.4, 0.5) is 4.39 Å². The van der Waals surface area contributed by atoms with Crippen molar-refractivity contribution in [2.24, 2.45) is 0 Å². The molecule has 1 aliphatic heterocycles. The third-order valence-electron chi connectivity index (χ3n) is 7.72. The maximum atomic E-state index is 13.1. The third-order valence-corrected chi connectivity index (χ3v) is 7.97. The van der Waals surface area contributed by atoms with Crippen molar-refractivity contribution in [1.29, 1.82) is 0 Å². The van der Waals surface area contributed by atoms with Crippen LogP contribution in [-0.2, 0) is 10.3 Å². The number of benzene rings is 3. The molecule has 0 unspecified atom stereocenters. The van der Waals surface area contributed by atoms with Gasteiger partial charge in [-0.3, -0.25) is 4.79 Å². The second-order valence-corrected chi connectivity index (χ2v) is 10.3. The van der Waals surface area contributed by atoms with Crippen molar-refractivity contribution in [3.8, 4) is 0 Å². The molecule has 1 spiro atoms. The molecule has 0 bridgehead atoms. The zero-order chi connectivity index (χ0) is 24.4. The van der Waals surface area contributed by atoms with Crippen LogP contribution in [0.3, 0.4) is 0 Å². The minimum absolute atomic E-state index is 0. The van der Waals surface area contributed by atoms with Gasteiger partial charge in [0.15, 0.2) is 5.78 Å². The van der Waals surface area contributed by atoms with E-state index in [1.807, 2.05) is 12.1 Å². The number of carbonyl (C=O) groups is 1. The monoisotopic (exact) mass is 527 g/mol. The first-order valence-corrected chi connectivity index (χ1v) is 12.8. The number of nitrogens with zero attached hydrogens (tertiary/aromatic N) is 1. The van der Waals surface area contributed by atoms with E-state index in [9.17, 15) is 9.18 Å². The van der Waals surface area contributed by atoms with Crippen LogP contribution < -0.4 is 0 Å². The molecular formula is C30H32Cl2FNO2. The van der Waals surface area contributed by atoms with Crippen molar-refractivity contribution in [3.05, 3.63) is 106 Å². The maximum Gasteiger partial charge on any atom is 0.162 e. The predicted octanol–water partition coefficient (Wildman–Crippen LogP) is 7.75. The SMILES string of the molecule is CN(CCCC(=O)c1ccc(F)cc1)C1CCC2(CC1)O[C@H](c1ccc(Cl)cc1)c1ccccc12.Cl. The van der Waals surface area contributed by atoms with Gasteiger partial charge in [-0.05, 0) is 98.8 Å². The fourth-order valence-electron chi connectivity index (χ4n) is 5.73. The second-order valence-electron chi connectivity index (χ2n) is 9.88. The molecule has 0 radical (unpaired) electrons. The number of ketones is 1. The number of hydrogen-bond donors (Lipinski definition) is 0. The largest absolute Gasteiger partial charge is 0.358 e. The van der Waals surface area contributed by atoms with Crippen molar-refractivity contribution < 1.29 is 13.9 Å². The highest BCUT2D eigenvalue weighted by atomic mass is 35.5. The van der Waals surface area contributed by atoms with E-state index in [1.54, 1.807) is 12.1 Å². The maximum absolute atomic E-state index is 13.1. The molecule has 3 nitrogen and oxygen atoms in total. The summed E-state index contributed by atoms with van der Waals surface area (Å²) >= 11 is 6.12. The molecule has 0 aromatic heterocycles. The fraction of sp³-hybridized carbons (Fsp3) is 0.367. The van der Waals surface area contributed by atoms with Crippen LogP contribution in [-0.4, -0.2) is 30.3 Å². The van der Waals surface area contributed by atoms with Crippen molar-refractivity contribution in [2.45, 2.75) is 56.3 Å². The van der Waals surface area contributed by atoms with Gasteiger partial charge in [-0.1, -0.05) is 48.0 Å². The summed E-state index contributed by atoms with van der Waals surface area (Å²) in [6.45, 7) is 0.870. The fourth-order valence-corrected chi connectivity index (χ4v) is 5.85. The van der Waals surface area contributed by atoms with Crippen LogP contribution >= 0.6 is 24.0 Å². The Labute approximate surface area is 224 Å². The van der Waals surface area contributed by atoms with Crippen LogP contribution in [0.5, 0.6) is 0 Å². The van der Waals surface area contributed by atoms with Crippen molar-refractivity contribution in [1.82, 2.24) is 4.90 Å². The Hall–Kier alpha value is -2.24. The molecule has 0 amide bonds. The van der Waals surface area contributed by atoms with E-state index in [4.69, 9.17) is 16.3 Å². The van der Waals surface area contributed by atoms with Gasteiger partial charge in [0.2, 0.25) is 0 Å². The molecule has 1 atom stereocenters. The van der Waals surface area contributed by atoms with E-state index >= 15 is 0 Å². The first-order valence-electron chi connectivity index (χ1n) is 12.5. The molecule has 6 heteroatoms. The van der Waals surface area contributed by atoms with E-state index in [0.717, 1.165) is 49.2 Å². The first-order chi connectivity index (χ1) is 16.9. The Balaban J connectivity index is 0.00000304. The third kappa shape index (κ3) is 5.52. The van der Waals surface area contributed by atoms with Gasteiger partial charge in [-0.25, -0.2) is 4.39 Å². The van der Waals surface area contributed by atoms with E-state index in [-0.39, 0.29) is 35.7 Å². The Morgan fingerprint density at radius 2 is 1.69 bits per heavy atom. The lowest BCUT2D eigenvalue weighted by molar-refractivity contribution is -0.0942. The molecule has 36 heavy (non-hydrogen) atoms. The first kappa shape index (κ1) is 26.8. The highest BCUT2D eigenvalue weighted by Crippen LogP contribution is 2.53. The summed E-state index contributed by atoms with van der Waals surface area (Å²) in [5, 5.41) is 0.734. The van der Waals surface area contributed by atoms with E-state index in [2.05, 4.69) is 48.3 Å². The highest BCUT2D eigenvalue weighted by Gasteiger charge is 2.47. The van der Waals surface area contributed by atoms with Crippen molar-refractivity contribution in [2.75, 3.05) is 13.6 Å². The Morgan fingerprint density at radius 3 is 2.39 bits per heavy atom. The average molecular weight is 528 g/mol. The molecule has 1 aliphatic carbocycles. The van der Waals surface area contributed by atoms with E-state index in [0.29, 0.717) is 18.0 Å². The number of fused-ring (bicyclic) bond motifs is 2. The highest BCUT2D eigenvalue weighted by molar-refractivity contribution is 6.30. The van der Waals surface area contributed by atoms with Gasteiger partial charge in [-0.2, -0.15) is 0 Å². The smallest absolute Gasteiger partial charge is 0.162 e. The van der Waals surface area contributed by atoms with Gasteiger partial charge in [0, 0.05) is 23.0 Å². The summed E-state index contributed by atoms with van der Waals surface area (Å²) in [5.41, 5.74) is 4.08. The standard InChI is InChI=1S/C30H31ClFNO2.ClH/c1-33(20-4-7-28(34)21-10-14-24(32)15-11-21)25-16-18-30(19-17-25)27-6-3-2-5-26(27)29(35-30)22-8-12-23(31)13-9-22;/h2-3,5-6,8-15,25,29H,4,7,16-20H2,1H3;1H/t25?,29-,30?;/m1./s1. The van der Waals surface area contributed by atoms with Gasteiger partial charge >= 0.3 is 0 Å². The van der Waals surface area contributed by atoms with Gasteiger partial charge in [0.1, 0.15) is 11.9 Å². The lowest BCUT2D eigenvalue weighted by atomic mass is 9.77. The Bertz CT molecular complexity index is 1170. The molecule has 5 rings (SSSR count). The predicted molar refractivity (Wildman–Crippen MR) is 145 cm³/mol. The number of rotatable bonds is 7. The van der Waals surface area contributed by atoms with Crippen LogP contribution in [0, 0.1) is 5.82 Å². The number of Topliss-reactive ketones (excluding diaryl/α,β-unsaturated/α-hetero) is 1. The number of ether oxygens (including phenoxy) is 1. The van der Waals surface area contributed by atoms with Crippen LogP contribution in [0.1, 0.15) is 71.7 Å². The second kappa shape index (κ2) is 11.4. The van der Waals surface area contributed by atoms with Crippen LogP contribution in [0.15, 0.2) is 72.8 Å². The van der Waals surface area contributed by atoms with Gasteiger partial charge in [0.25, 0.3) is 0 Å². The lowest BCUT2D eigenvalue weighted by Gasteiger charge is -2.41. The van der Waals surface area contributed by atoms with Gasteiger partial charge in [-0.15, -0.1) is 12.4 Å². The molecular weight excluding hydrogens is 496 g/mol. The van der Waals surface area contributed by atoms with Gasteiger partial charge < -0.3 is 9.64 Å². The van der Waals surface area contributed by atoms with E-state index < -0.39 is 0 Å². The van der Waals surface area contributed by atoms with Crippen molar-refractivity contribution >= 4 is 29.8 Å². The molecule has 190 valence electrons. The van der Waals surface area contributed by atoms with Crippen LogP contribution in [0.2, 0.25) is 5.02 Å². The van der Waals surface area contributed by atoms with E-state index in [1.165, 1.54) is 23.3 Å². The molecule has 3 aromatic carbocycles. The van der Waals surface area contributed by atoms with Gasteiger partial charge in [0.05, 0.1) is 5.60 Å². The summed E-state index contributed by atoms with van der Waals surface area (Å²) in [6, 6.07) is 22.9. The molecule has 3 aromatic rings. The summed E-state index contributed by atoms with van der Waals surface area (Å²) in [4.78, 5) is 14.8. The summed E-state index contributed by atoms with van der Waals surface area (Å²) in [7, 11) is 2.16. The Kier molecular flexibility index (Phi) is 8.52. The minimum Gasteiger partial charge on any atom is -0.358 e. The number of carbonyl (C=O) groups excluding carboxylic acids is 1. The Morgan fingerprint density at radius 1 is 1.03 bits per heavy atom. The quantitative estimate of drug-likeness (QED) is 0.294. The summed E-state index contributed by atoms with van der Waals surface area (Å²) in [5.74, 6) is -0.241. The molecule has 0 N–H and O–H groups in total. The molecule has 1 fully saturated rings. The minimum atomic E-state index is -0.315. The molecule has 2 aliphatic rings. The normalized spacial score (nSPS) is 22.9. The summed E-state index contributed by atoms with van der Waals surface area (Å²) < 4.78 is 19.9. The zero-order valence-electron chi connectivity index (χ0n) is 20.5. The van der Waals surface area contributed by atoms with Crippen LogP contribution in [0.25, 0.3) is 0 Å².